The van der Waals surface area contributed by atoms with Gasteiger partial charge in [-0.3, -0.25) is 9.78 Å². The normalized spacial score (nSPS) is 17.9. The summed E-state index contributed by atoms with van der Waals surface area (Å²) in [6.07, 6.45) is 6.48. The maximum Gasteiger partial charge on any atom is 0.240 e. The number of hydrogen-bond acceptors (Lipinski definition) is 5. The second-order valence-electron chi connectivity index (χ2n) is 6.07. The highest BCUT2D eigenvalue weighted by Gasteiger charge is 2.29. The van der Waals surface area contributed by atoms with Gasteiger partial charge in [-0.15, -0.1) is 0 Å². The summed E-state index contributed by atoms with van der Waals surface area (Å²) in [7, 11) is 1.78. The molecule has 0 unspecified atom stereocenters. The Kier molecular flexibility index (Phi) is 5.55. The van der Waals surface area contributed by atoms with Crippen LogP contribution in [0.3, 0.4) is 0 Å². The number of rotatable bonds is 6. The molecule has 1 fully saturated rings. The average molecular weight is 344 g/mol. The fraction of sp³-hybridized carbons (Fsp3) is 0.389. The predicted molar refractivity (Wildman–Crippen MR) is 91.6 cm³/mol. The molecule has 0 radical (unpaired) electrons. The van der Waals surface area contributed by atoms with Gasteiger partial charge in [-0.2, -0.15) is 0 Å². The standard InChI is InChI=1S/C18H21FN4O2/c1-23(16-11-20-8-9-21-16)12-17(24)22-18(15-3-2-10-25-15)13-4-6-14(19)7-5-13/h4-9,11,15,18H,2-3,10,12H2,1H3,(H,22,24)/t15-,18-/m0/s1. The second kappa shape index (κ2) is 8.02. The number of amides is 1. The molecule has 0 spiro atoms. The van der Waals surface area contributed by atoms with Crippen LogP contribution >= 0.6 is 0 Å². The number of anilines is 1. The summed E-state index contributed by atoms with van der Waals surface area (Å²) in [5, 5.41) is 3.02. The minimum absolute atomic E-state index is 0.101. The highest BCUT2D eigenvalue weighted by molar-refractivity contribution is 5.81. The van der Waals surface area contributed by atoms with Gasteiger partial charge < -0.3 is 15.0 Å². The first-order chi connectivity index (χ1) is 12.1. The van der Waals surface area contributed by atoms with Gasteiger partial charge in [-0.05, 0) is 30.5 Å². The first-order valence-electron chi connectivity index (χ1n) is 8.27. The Balaban J connectivity index is 1.69. The maximum absolute atomic E-state index is 13.2. The average Bonchev–Trinajstić information content (AvgIpc) is 3.15. The van der Waals surface area contributed by atoms with Gasteiger partial charge in [0.1, 0.15) is 11.6 Å². The van der Waals surface area contributed by atoms with Gasteiger partial charge in [-0.1, -0.05) is 12.1 Å². The molecule has 0 saturated carbocycles. The molecule has 25 heavy (non-hydrogen) atoms. The van der Waals surface area contributed by atoms with E-state index in [0.29, 0.717) is 12.4 Å². The number of benzene rings is 1. The molecular weight excluding hydrogens is 323 g/mol. The maximum atomic E-state index is 13.2. The Bertz CT molecular complexity index is 690. The molecule has 3 rings (SSSR count). The SMILES string of the molecule is CN(CC(=O)N[C@@H](c1ccc(F)cc1)[C@@H]1CCCO1)c1cnccn1. The highest BCUT2D eigenvalue weighted by Crippen LogP contribution is 2.27. The molecule has 2 aromatic rings. The number of ether oxygens (including phenoxy) is 1. The fourth-order valence-electron chi connectivity index (χ4n) is 2.93. The van der Waals surface area contributed by atoms with Crippen LogP contribution in [0.25, 0.3) is 0 Å². The molecular formula is C18H21FN4O2. The predicted octanol–water partition coefficient (Wildman–Crippen LogP) is 2.09. The second-order valence-corrected chi connectivity index (χ2v) is 6.07. The highest BCUT2D eigenvalue weighted by atomic mass is 19.1. The minimum Gasteiger partial charge on any atom is -0.376 e. The van der Waals surface area contributed by atoms with Crippen LogP contribution in [0.4, 0.5) is 10.2 Å². The third kappa shape index (κ3) is 4.51. The van der Waals surface area contributed by atoms with E-state index in [0.717, 1.165) is 18.4 Å². The summed E-state index contributed by atoms with van der Waals surface area (Å²) in [5.41, 5.74) is 0.837. The van der Waals surface area contributed by atoms with Gasteiger partial charge in [0, 0.05) is 26.0 Å². The van der Waals surface area contributed by atoms with Crippen LogP contribution in [-0.2, 0) is 9.53 Å². The van der Waals surface area contributed by atoms with Crippen molar-refractivity contribution >= 4 is 11.7 Å². The first kappa shape index (κ1) is 17.3. The lowest BCUT2D eigenvalue weighted by Crippen LogP contribution is -2.41. The van der Waals surface area contributed by atoms with Crippen molar-refractivity contribution < 1.29 is 13.9 Å². The van der Waals surface area contributed by atoms with Crippen LogP contribution in [0, 0.1) is 5.82 Å². The molecule has 2 heterocycles. The van der Waals surface area contributed by atoms with E-state index >= 15 is 0 Å². The molecule has 1 N–H and O–H groups in total. The Morgan fingerprint density at radius 2 is 2.20 bits per heavy atom. The van der Waals surface area contributed by atoms with Gasteiger partial charge in [-0.25, -0.2) is 9.37 Å². The van der Waals surface area contributed by atoms with Crippen LogP contribution in [-0.4, -0.2) is 42.2 Å². The number of hydrogen-bond donors (Lipinski definition) is 1. The summed E-state index contributed by atoms with van der Waals surface area (Å²) in [6, 6.07) is 5.87. The first-order valence-corrected chi connectivity index (χ1v) is 8.27. The van der Waals surface area contributed by atoms with Crippen LogP contribution in [0.5, 0.6) is 0 Å². The molecule has 1 aliphatic heterocycles. The van der Waals surface area contributed by atoms with Gasteiger partial charge >= 0.3 is 0 Å². The Labute approximate surface area is 146 Å². The molecule has 1 amide bonds. The van der Waals surface area contributed by atoms with Crippen molar-refractivity contribution in [2.24, 2.45) is 0 Å². The molecule has 1 aromatic heterocycles. The Morgan fingerprint density at radius 1 is 1.40 bits per heavy atom. The number of halogens is 1. The van der Waals surface area contributed by atoms with Crippen molar-refractivity contribution in [3.63, 3.8) is 0 Å². The third-order valence-electron chi connectivity index (χ3n) is 4.20. The zero-order chi connectivity index (χ0) is 17.6. The number of aromatic nitrogens is 2. The van der Waals surface area contributed by atoms with Gasteiger partial charge in [0.2, 0.25) is 5.91 Å². The van der Waals surface area contributed by atoms with E-state index in [1.807, 2.05) is 0 Å². The zero-order valence-corrected chi connectivity index (χ0v) is 14.1. The molecule has 1 aromatic carbocycles. The zero-order valence-electron chi connectivity index (χ0n) is 14.1. The topological polar surface area (TPSA) is 67.4 Å². The molecule has 7 heteroatoms. The van der Waals surface area contributed by atoms with Crippen LogP contribution < -0.4 is 10.2 Å². The Hall–Kier alpha value is -2.54. The van der Waals surface area contributed by atoms with Crippen LogP contribution in [0.2, 0.25) is 0 Å². The fourth-order valence-corrected chi connectivity index (χ4v) is 2.93. The van der Waals surface area contributed by atoms with E-state index in [1.165, 1.54) is 12.1 Å². The van der Waals surface area contributed by atoms with Crippen molar-refractivity contribution in [2.45, 2.75) is 25.0 Å². The largest absolute Gasteiger partial charge is 0.376 e. The molecule has 1 aliphatic rings. The van der Waals surface area contributed by atoms with Crippen molar-refractivity contribution in [2.75, 3.05) is 25.1 Å². The summed E-state index contributed by atoms with van der Waals surface area (Å²) < 4.78 is 19.0. The van der Waals surface area contributed by atoms with E-state index in [2.05, 4.69) is 15.3 Å². The summed E-state index contributed by atoms with van der Waals surface area (Å²) in [5.74, 6) is 0.162. The molecule has 0 aliphatic carbocycles. The smallest absolute Gasteiger partial charge is 0.240 e. The van der Waals surface area contributed by atoms with Crippen LogP contribution in [0.1, 0.15) is 24.4 Å². The van der Waals surface area contributed by atoms with Gasteiger partial charge in [0.15, 0.2) is 0 Å². The van der Waals surface area contributed by atoms with Gasteiger partial charge in [0.25, 0.3) is 0 Å². The minimum atomic E-state index is -0.302. The molecule has 0 bridgehead atoms. The van der Waals surface area contributed by atoms with E-state index in [9.17, 15) is 9.18 Å². The number of nitrogens with one attached hydrogen (secondary N) is 1. The van der Waals surface area contributed by atoms with Crippen molar-refractivity contribution in [1.29, 1.82) is 0 Å². The summed E-state index contributed by atoms with van der Waals surface area (Å²) >= 11 is 0. The number of carbonyl (C=O) groups is 1. The molecule has 1 saturated heterocycles. The summed E-state index contributed by atoms with van der Waals surface area (Å²) in [6.45, 7) is 0.820. The lowest BCUT2D eigenvalue weighted by molar-refractivity contribution is -0.121. The number of nitrogens with zero attached hydrogens (tertiary/aromatic N) is 3. The van der Waals surface area contributed by atoms with Crippen LogP contribution in [0.15, 0.2) is 42.9 Å². The summed E-state index contributed by atoms with van der Waals surface area (Å²) in [4.78, 5) is 22.4. The number of likely N-dealkylation sites (N-methyl/N-ethyl adjacent to an activating group) is 1. The quantitative estimate of drug-likeness (QED) is 0.869. The number of carbonyl (C=O) groups excluding carboxylic acids is 1. The monoisotopic (exact) mass is 344 g/mol. The third-order valence-corrected chi connectivity index (χ3v) is 4.20. The molecule has 6 nitrogen and oxygen atoms in total. The van der Waals surface area contributed by atoms with Crippen molar-refractivity contribution in [3.05, 3.63) is 54.2 Å². The van der Waals surface area contributed by atoms with Gasteiger partial charge in [0.05, 0.1) is 24.9 Å². The molecule has 132 valence electrons. The van der Waals surface area contributed by atoms with E-state index in [1.54, 1.807) is 42.7 Å². The molecule has 2 atom stereocenters. The van der Waals surface area contributed by atoms with E-state index < -0.39 is 0 Å². The lowest BCUT2D eigenvalue weighted by Gasteiger charge is -2.26. The van der Waals surface area contributed by atoms with E-state index in [4.69, 9.17) is 4.74 Å². The van der Waals surface area contributed by atoms with Crippen molar-refractivity contribution in [3.8, 4) is 0 Å². The van der Waals surface area contributed by atoms with E-state index in [-0.39, 0.29) is 30.4 Å². The Morgan fingerprint density at radius 3 is 2.84 bits per heavy atom. The lowest BCUT2D eigenvalue weighted by atomic mass is 9.99. The van der Waals surface area contributed by atoms with Crippen molar-refractivity contribution in [1.82, 2.24) is 15.3 Å².